The van der Waals surface area contributed by atoms with Gasteiger partial charge in [0.1, 0.15) is 0 Å². The van der Waals surface area contributed by atoms with Gasteiger partial charge in [0.25, 0.3) is 0 Å². The molecule has 4 aliphatic carbocycles. The molecule has 4 heteroatoms. The molecule has 0 saturated heterocycles. The maximum absolute atomic E-state index is 2.60. The van der Waals surface area contributed by atoms with Gasteiger partial charge in [0.15, 0.2) is 0 Å². The molecule has 0 unspecified atom stereocenters. The van der Waals surface area contributed by atoms with Crippen molar-refractivity contribution in [2.45, 2.75) is 10.8 Å². The van der Waals surface area contributed by atoms with Crippen molar-refractivity contribution in [3.05, 3.63) is 360 Å². The third-order valence-corrected chi connectivity index (χ3v) is 22.1. The minimum absolute atomic E-state index is 0.538. The van der Waals surface area contributed by atoms with Gasteiger partial charge in [-0.1, -0.05) is 231 Å². The predicted molar refractivity (Wildman–Crippen MR) is 390 cm³/mol. The van der Waals surface area contributed by atoms with Crippen LogP contribution in [-0.2, 0) is 10.8 Å². The Balaban J connectivity index is 0.904. The number of benzene rings is 15. The SMILES string of the molecule is CN1c2ccccc2N(c2ccc3c(-c4ccc5c(c4)C4(c6ccccc6-c6ccccc64)c4ccccc4-5)c4cc(N5c6ccccc6N(C)c6ccccc65)ccc4c(-c4ccc5c(c4)C4(c6ccccc6-c6ccccc64)c4ccccc4-5)c3c2)c2ccccc21. The van der Waals surface area contributed by atoms with Gasteiger partial charge in [-0.3, -0.25) is 0 Å². The number of hydrogen-bond donors (Lipinski definition) is 0. The van der Waals surface area contributed by atoms with Crippen LogP contribution in [0.1, 0.15) is 44.5 Å². The summed E-state index contributed by atoms with van der Waals surface area (Å²) in [7, 11) is 4.39. The molecule has 6 aliphatic rings. The number of para-hydroxylation sites is 8. The fourth-order valence-corrected chi connectivity index (χ4v) is 18.4. The molecule has 438 valence electrons. The van der Waals surface area contributed by atoms with Crippen LogP contribution in [0.2, 0.25) is 0 Å². The summed E-state index contributed by atoms with van der Waals surface area (Å²) < 4.78 is 0. The zero-order chi connectivity index (χ0) is 61.7. The van der Waals surface area contributed by atoms with Gasteiger partial charge < -0.3 is 19.6 Å². The first-order valence-corrected chi connectivity index (χ1v) is 32.9. The quantitative estimate of drug-likeness (QED) is 0.163. The van der Waals surface area contributed by atoms with Crippen molar-refractivity contribution in [2.24, 2.45) is 0 Å². The molecule has 2 heterocycles. The highest BCUT2D eigenvalue weighted by atomic mass is 15.3. The fraction of sp³-hybridized carbons (Fsp3) is 0.0444. The van der Waals surface area contributed by atoms with Crippen LogP contribution in [0.15, 0.2) is 315 Å². The maximum atomic E-state index is 2.60. The lowest BCUT2D eigenvalue weighted by atomic mass is 9.70. The second kappa shape index (κ2) is 18.8. The van der Waals surface area contributed by atoms with Crippen LogP contribution in [-0.4, -0.2) is 14.1 Å². The normalized spacial score (nSPS) is 14.6. The van der Waals surface area contributed by atoms with Crippen molar-refractivity contribution >= 4 is 78.4 Å². The highest BCUT2D eigenvalue weighted by Gasteiger charge is 2.53. The van der Waals surface area contributed by atoms with E-state index in [1.165, 1.54) is 133 Å². The van der Waals surface area contributed by atoms with Crippen LogP contribution in [0.3, 0.4) is 0 Å². The van der Waals surface area contributed by atoms with Crippen LogP contribution in [0, 0.1) is 0 Å². The van der Waals surface area contributed by atoms with Gasteiger partial charge in [-0.05, 0) is 218 Å². The summed E-state index contributed by atoms with van der Waals surface area (Å²) in [5, 5.41) is 4.74. The first-order chi connectivity index (χ1) is 46.5. The van der Waals surface area contributed by atoms with E-state index < -0.39 is 10.8 Å². The van der Waals surface area contributed by atoms with Gasteiger partial charge in [-0.25, -0.2) is 0 Å². The second-order valence-corrected chi connectivity index (χ2v) is 26.2. The Hall–Kier alpha value is -12.0. The number of rotatable bonds is 4. The lowest BCUT2D eigenvalue weighted by Crippen LogP contribution is -2.25. The first-order valence-electron chi connectivity index (χ1n) is 32.9. The Morgan fingerprint density at radius 2 is 0.447 bits per heavy atom. The van der Waals surface area contributed by atoms with Crippen LogP contribution in [0.25, 0.3) is 88.3 Å². The molecule has 94 heavy (non-hydrogen) atoms. The molecule has 0 N–H and O–H groups in total. The van der Waals surface area contributed by atoms with Crippen LogP contribution in [0.4, 0.5) is 56.9 Å². The van der Waals surface area contributed by atoms with E-state index in [4.69, 9.17) is 0 Å². The van der Waals surface area contributed by atoms with Crippen molar-refractivity contribution in [2.75, 3.05) is 33.7 Å². The van der Waals surface area contributed by atoms with Gasteiger partial charge in [-0.15, -0.1) is 0 Å². The molecule has 0 amide bonds. The Bertz CT molecular complexity index is 5270. The standard InChI is InChI=1S/C90H58N4/c1-91-79-35-15-19-39-83(79)93(84-40-20-16-36-80(84)91)57-45-49-67-69(53-57)87(55-43-47-65-63-27-7-13-33-75(63)89(77(65)51-55)71-29-9-3-23-59(71)60-24-4-10-30-72(60)89)68-50-46-58(94-85-41-21-17-37-81(85)92(2)82-38-18-22-42-86(82)94)54-70(68)88(67)56-44-48-66-64-28-8-14-34-76(64)90(78(66)52-56)73-31-11-5-25-61(73)62-26-6-12-32-74(62)90/h3-54H,1-2H3. The van der Waals surface area contributed by atoms with E-state index in [9.17, 15) is 0 Å². The zero-order valence-corrected chi connectivity index (χ0v) is 51.8. The molecule has 15 aromatic carbocycles. The summed E-state index contributed by atoms with van der Waals surface area (Å²) in [5.74, 6) is 0. The minimum Gasteiger partial charge on any atom is -0.341 e. The molecule has 0 fully saturated rings. The van der Waals surface area contributed by atoms with E-state index in [0.29, 0.717) is 0 Å². The number of nitrogens with zero attached hydrogens (tertiary/aromatic N) is 4. The van der Waals surface area contributed by atoms with E-state index in [1.807, 2.05) is 0 Å². The molecule has 2 spiro atoms. The average molecular weight is 1200 g/mol. The summed E-state index contributed by atoms with van der Waals surface area (Å²) in [5.41, 5.74) is 36.0. The lowest BCUT2D eigenvalue weighted by molar-refractivity contribution is 0.794. The van der Waals surface area contributed by atoms with E-state index in [2.05, 4.69) is 349 Å². The lowest BCUT2D eigenvalue weighted by Gasteiger charge is -2.39. The van der Waals surface area contributed by atoms with Gasteiger partial charge in [-0.2, -0.15) is 0 Å². The Kier molecular flexibility index (Phi) is 10.4. The second-order valence-electron chi connectivity index (χ2n) is 26.2. The molecule has 0 atom stereocenters. The molecule has 2 aliphatic heterocycles. The van der Waals surface area contributed by atoms with Crippen LogP contribution >= 0.6 is 0 Å². The average Bonchev–Trinajstić information content (AvgIpc) is 1.38. The van der Waals surface area contributed by atoms with Gasteiger partial charge in [0.05, 0.1) is 56.3 Å². The highest BCUT2D eigenvalue weighted by Crippen LogP contribution is 2.66. The number of anilines is 10. The Morgan fingerprint density at radius 3 is 0.734 bits per heavy atom. The van der Waals surface area contributed by atoms with Crippen molar-refractivity contribution in [1.29, 1.82) is 0 Å². The Labute approximate surface area is 546 Å². The predicted octanol–water partition coefficient (Wildman–Crippen LogP) is 23.1. The first kappa shape index (κ1) is 51.7. The molecule has 0 saturated carbocycles. The molecule has 0 bridgehead atoms. The maximum Gasteiger partial charge on any atom is 0.0725 e. The van der Waals surface area contributed by atoms with E-state index in [0.717, 1.165) is 56.9 Å². The van der Waals surface area contributed by atoms with Gasteiger partial charge in [0, 0.05) is 25.5 Å². The summed E-state index contributed by atoms with van der Waals surface area (Å²) in [6.45, 7) is 0. The monoisotopic (exact) mass is 1190 g/mol. The Morgan fingerprint density at radius 1 is 0.202 bits per heavy atom. The summed E-state index contributed by atoms with van der Waals surface area (Å²) in [6.07, 6.45) is 0. The van der Waals surface area contributed by atoms with E-state index in [-0.39, 0.29) is 0 Å². The third kappa shape index (κ3) is 6.46. The molecule has 21 rings (SSSR count). The third-order valence-electron chi connectivity index (χ3n) is 22.1. The highest BCUT2D eigenvalue weighted by molar-refractivity contribution is 6.24. The van der Waals surface area contributed by atoms with Crippen molar-refractivity contribution in [3.63, 3.8) is 0 Å². The summed E-state index contributed by atoms with van der Waals surface area (Å²) in [6, 6.07) is 120. The van der Waals surface area contributed by atoms with E-state index >= 15 is 0 Å². The van der Waals surface area contributed by atoms with Crippen LogP contribution < -0.4 is 19.6 Å². The van der Waals surface area contributed by atoms with Crippen molar-refractivity contribution in [3.8, 4) is 66.8 Å². The van der Waals surface area contributed by atoms with Gasteiger partial charge >= 0.3 is 0 Å². The summed E-state index contributed by atoms with van der Waals surface area (Å²) >= 11 is 0. The van der Waals surface area contributed by atoms with E-state index in [1.54, 1.807) is 0 Å². The molecule has 0 aromatic heterocycles. The molecular formula is C90H58N4. The number of hydrogen-bond acceptors (Lipinski definition) is 4. The van der Waals surface area contributed by atoms with Crippen LogP contribution in [0.5, 0.6) is 0 Å². The van der Waals surface area contributed by atoms with Crippen molar-refractivity contribution < 1.29 is 0 Å². The number of fused-ring (bicyclic) bond motifs is 26. The summed E-state index contributed by atoms with van der Waals surface area (Å²) in [4.78, 5) is 9.67. The molecular weight excluding hydrogens is 1140 g/mol. The topological polar surface area (TPSA) is 13.0 Å². The molecule has 4 nitrogen and oxygen atoms in total. The molecule has 15 aromatic rings. The molecule has 0 radical (unpaired) electrons. The largest absolute Gasteiger partial charge is 0.341 e. The van der Waals surface area contributed by atoms with Crippen molar-refractivity contribution in [1.82, 2.24) is 0 Å². The smallest absolute Gasteiger partial charge is 0.0725 e. The van der Waals surface area contributed by atoms with Gasteiger partial charge in [0.2, 0.25) is 0 Å². The fourth-order valence-electron chi connectivity index (χ4n) is 18.4. The zero-order valence-electron chi connectivity index (χ0n) is 51.8. The minimum atomic E-state index is -0.538.